The summed E-state index contributed by atoms with van der Waals surface area (Å²) in [5, 5.41) is 4.50. The molecule has 1 saturated heterocycles. The first-order valence-corrected chi connectivity index (χ1v) is 7.14. The minimum absolute atomic E-state index is 0.222. The van der Waals surface area contributed by atoms with Crippen molar-refractivity contribution in [3.8, 4) is 0 Å². The van der Waals surface area contributed by atoms with Crippen molar-refractivity contribution in [2.24, 2.45) is 5.92 Å². The number of hydrogen-bond acceptors (Lipinski definition) is 2. The SMILES string of the molecule is O=C(CCC1CCNCC1)n1ccc2ccccc21. The fourth-order valence-corrected chi connectivity index (χ4v) is 2.92. The second-order valence-electron chi connectivity index (χ2n) is 5.37. The Balaban J connectivity index is 1.66. The maximum Gasteiger partial charge on any atom is 0.231 e. The molecule has 1 aliphatic heterocycles. The number of nitrogens with zero attached hydrogens (tertiary/aromatic N) is 1. The van der Waals surface area contributed by atoms with Crippen molar-refractivity contribution >= 4 is 16.8 Å². The summed E-state index contributed by atoms with van der Waals surface area (Å²) in [6.45, 7) is 2.20. The molecule has 0 spiro atoms. The molecule has 1 aromatic carbocycles. The van der Waals surface area contributed by atoms with Crippen LogP contribution in [0.3, 0.4) is 0 Å². The highest BCUT2D eigenvalue weighted by Gasteiger charge is 2.15. The number of aromatic nitrogens is 1. The lowest BCUT2D eigenvalue weighted by Crippen LogP contribution is -2.28. The Morgan fingerprint density at radius 3 is 2.84 bits per heavy atom. The quantitative estimate of drug-likeness (QED) is 0.915. The van der Waals surface area contributed by atoms with Gasteiger partial charge in [0.2, 0.25) is 5.91 Å². The average Bonchev–Trinajstić information content (AvgIpc) is 2.90. The third-order valence-corrected chi connectivity index (χ3v) is 4.09. The highest BCUT2D eigenvalue weighted by molar-refractivity contribution is 5.92. The zero-order valence-corrected chi connectivity index (χ0v) is 11.1. The molecule has 2 aromatic rings. The Morgan fingerprint density at radius 1 is 1.21 bits per heavy atom. The number of fused-ring (bicyclic) bond motifs is 1. The molecule has 3 rings (SSSR count). The van der Waals surface area contributed by atoms with Gasteiger partial charge in [-0.15, -0.1) is 0 Å². The first kappa shape index (κ1) is 12.4. The van der Waals surface area contributed by atoms with E-state index in [2.05, 4.69) is 5.32 Å². The second-order valence-corrected chi connectivity index (χ2v) is 5.37. The lowest BCUT2D eigenvalue weighted by Gasteiger charge is -2.22. The van der Waals surface area contributed by atoms with E-state index in [0.717, 1.165) is 30.4 Å². The fraction of sp³-hybridized carbons (Fsp3) is 0.438. The lowest BCUT2D eigenvalue weighted by atomic mass is 9.93. The summed E-state index contributed by atoms with van der Waals surface area (Å²) in [5.74, 6) is 0.937. The van der Waals surface area contributed by atoms with Crippen LogP contribution in [0.1, 0.15) is 30.5 Å². The van der Waals surface area contributed by atoms with E-state index in [4.69, 9.17) is 0 Å². The van der Waals surface area contributed by atoms with Gasteiger partial charge < -0.3 is 5.32 Å². The van der Waals surface area contributed by atoms with E-state index in [1.165, 1.54) is 12.8 Å². The number of hydrogen-bond donors (Lipinski definition) is 1. The Morgan fingerprint density at radius 2 is 2.00 bits per heavy atom. The van der Waals surface area contributed by atoms with Gasteiger partial charge in [0.15, 0.2) is 0 Å². The molecule has 0 atom stereocenters. The van der Waals surface area contributed by atoms with E-state index in [9.17, 15) is 4.79 Å². The largest absolute Gasteiger partial charge is 0.317 e. The molecule has 2 heterocycles. The van der Waals surface area contributed by atoms with Crippen LogP contribution in [0.2, 0.25) is 0 Å². The zero-order valence-electron chi connectivity index (χ0n) is 11.1. The molecule has 3 heteroatoms. The van der Waals surface area contributed by atoms with Gasteiger partial charge in [-0.3, -0.25) is 9.36 Å². The minimum atomic E-state index is 0.222. The van der Waals surface area contributed by atoms with Crippen LogP contribution < -0.4 is 5.32 Å². The van der Waals surface area contributed by atoms with Crippen molar-refractivity contribution in [2.45, 2.75) is 25.7 Å². The molecule has 100 valence electrons. The standard InChI is InChI=1S/C16H20N2O/c19-16(6-5-13-7-10-17-11-8-13)18-12-9-14-3-1-2-4-15(14)18/h1-4,9,12-13,17H,5-8,10-11H2. The van der Waals surface area contributed by atoms with Crippen LogP contribution in [-0.2, 0) is 0 Å². The highest BCUT2D eigenvalue weighted by Crippen LogP contribution is 2.20. The molecule has 0 aliphatic carbocycles. The summed E-state index contributed by atoms with van der Waals surface area (Å²) in [6, 6.07) is 10.1. The molecule has 1 fully saturated rings. The predicted octanol–water partition coefficient (Wildman–Crippen LogP) is 3.06. The summed E-state index contributed by atoms with van der Waals surface area (Å²) >= 11 is 0. The smallest absolute Gasteiger partial charge is 0.231 e. The maximum atomic E-state index is 12.3. The molecule has 19 heavy (non-hydrogen) atoms. The summed E-state index contributed by atoms with van der Waals surface area (Å²) in [4.78, 5) is 12.3. The third-order valence-electron chi connectivity index (χ3n) is 4.09. The number of rotatable bonds is 3. The summed E-state index contributed by atoms with van der Waals surface area (Å²) in [5.41, 5.74) is 1.03. The predicted molar refractivity (Wildman–Crippen MR) is 77.4 cm³/mol. The molecule has 0 unspecified atom stereocenters. The number of nitrogens with one attached hydrogen (secondary N) is 1. The van der Waals surface area contributed by atoms with E-state index in [0.29, 0.717) is 12.3 Å². The first-order chi connectivity index (χ1) is 9.34. The van der Waals surface area contributed by atoms with Crippen LogP contribution in [0.5, 0.6) is 0 Å². The second kappa shape index (κ2) is 5.57. The van der Waals surface area contributed by atoms with Crippen LogP contribution in [0.25, 0.3) is 10.9 Å². The van der Waals surface area contributed by atoms with Crippen LogP contribution in [0.4, 0.5) is 0 Å². The Kier molecular flexibility index (Phi) is 3.65. The fourth-order valence-electron chi connectivity index (χ4n) is 2.92. The van der Waals surface area contributed by atoms with Crippen LogP contribution in [0, 0.1) is 5.92 Å². The Hall–Kier alpha value is -1.61. The Bertz CT molecular complexity index is 567. The average molecular weight is 256 g/mol. The van der Waals surface area contributed by atoms with Crippen LogP contribution in [0.15, 0.2) is 36.5 Å². The molecule has 1 aliphatic rings. The van der Waals surface area contributed by atoms with Crippen molar-refractivity contribution in [2.75, 3.05) is 13.1 Å². The summed E-state index contributed by atoms with van der Waals surface area (Å²) in [7, 11) is 0. The molecule has 0 saturated carbocycles. The number of piperidine rings is 1. The molecular weight excluding hydrogens is 236 g/mol. The van der Waals surface area contributed by atoms with Crippen molar-refractivity contribution < 1.29 is 4.79 Å². The molecule has 1 aromatic heterocycles. The van der Waals surface area contributed by atoms with Gasteiger partial charge in [-0.05, 0) is 50.4 Å². The minimum Gasteiger partial charge on any atom is -0.317 e. The zero-order chi connectivity index (χ0) is 13.1. The van der Waals surface area contributed by atoms with Gasteiger partial charge in [-0.25, -0.2) is 0 Å². The van der Waals surface area contributed by atoms with Gasteiger partial charge in [0, 0.05) is 18.0 Å². The molecule has 0 radical (unpaired) electrons. The number of carbonyl (C=O) groups is 1. The van der Waals surface area contributed by atoms with E-state index in [-0.39, 0.29) is 5.91 Å². The summed E-state index contributed by atoms with van der Waals surface area (Å²) < 4.78 is 1.80. The number of carbonyl (C=O) groups excluding carboxylic acids is 1. The maximum absolute atomic E-state index is 12.3. The third kappa shape index (κ3) is 2.71. The van der Waals surface area contributed by atoms with Crippen LogP contribution in [-0.4, -0.2) is 23.6 Å². The van der Waals surface area contributed by atoms with Crippen LogP contribution >= 0.6 is 0 Å². The van der Waals surface area contributed by atoms with Gasteiger partial charge in [-0.1, -0.05) is 18.2 Å². The van der Waals surface area contributed by atoms with Crippen molar-refractivity contribution in [1.82, 2.24) is 9.88 Å². The van der Waals surface area contributed by atoms with Crippen molar-refractivity contribution in [1.29, 1.82) is 0 Å². The topological polar surface area (TPSA) is 34.0 Å². The van der Waals surface area contributed by atoms with Gasteiger partial charge in [0.1, 0.15) is 0 Å². The molecule has 3 nitrogen and oxygen atoms in total. The normalized spacial score (nSPS) is 16.8. The van der Waals surface area contributed by atoms with Crippen molar-refractivity contribution in [3.63, 3.8) is 0 Å². The van der Waals surface area contributed by atoms with Gasteiger partial charge in [-0.2, -0.15) is 0 Å². The summed E-state index contributed by atoms with van der Waals surface area (Å²) in [6.07, 6.45) is 5.99. The van der Waals surface area contributed by atoms with Gasteiger partial charge in [0.05, 0.1) is 5.52 Å². The Labute approximate surface area is 113 Å². The number of benzene rings is 1. The van der Waals surface area contributed by atoms with E-state index < -0.39 is 0 Å². The molecule has 0 bridgehead atoms. The monoisotopic (exact) mass is 256 g/mol. The first-order valence-electron chi connectivity index (χ1n) is 7.14. The molecular formula is C16H20N2O. The van der Waals surface area contributed by atoms with E-state index in [1.807, 2.05) is 36.5 Å². The highest BCUT2D eigenvalue weighted by atomic mass is 16.2. The van der Waals surface area contributed by atoms with E-state index >= 15 is 0 Å². The van der Waals surface area contributed by atoms with E-state index in [1.54, 1.807) is 4.57 Å². The molecule has 1 N–H and O–H groups in total. The van der Waals surface area contributed by atoms with Gasteiger partial charge >= 0.3 is 0 Å². The van der Waals surface area contributed by atoms with Crippen molar-refractivity contribution in [3.05, 3.63) is 36.5 Å². The number of para-hydroxylation sites is 1. The van der Waals surface area contributed by atoms with Gasteiger partial charge in [0.25, 0.3) is 0 Å². The lowest BCUT2D eigenvalue weighted by molar-refractivity contribution is 0.0895. The molecule has 0 amide bonds.